The summed E-state index contributed by atoms with van der Waals surface area (Å²) >= 11 is 0. The van der Waals surface area contributed by atoms with Gasteiger partial charge in [0, 0.05) is 31.7 Å². The number of hydrogen-bond acceptors (Lipinski definition) is 3. The third-order valence-corrected chi connectivity index (χ3v) is 3.60. The first kappa shape index (κ1) is 14.0. The molecule has 0 saturated carbocycles. The van der Waals surface area contributed by atoms with Crippen molar-refractivity contribution in [1.29, 1.82) is 0 Å². The van der Waals surface area contributed by atoms with Gasteiger partial charge in [-0.1, -0.05) is 30.3 Å². The maximum absolute atomic E-state index is 12.6. The van der Waals surface area contributed by atoms with Gasteiger partial charge in [-0.15, -0.1) is 0 Å². The monoisotopic (exact) mass is 261 g/mol. The number of rotatable bonds is 3. The number of nitrogens with zero attached hydrogens (tertiary/aromatic N) is 1. The number of amides is 1. The Kier molecular flexibility index (Phi) is 4.56. The maximum Gasteiger partial charge on any atom is 0.231 e. The van der Waals surface area contributed by atoms with E-state index in [0.717, 1.165) is 18.7 Å². The van der Waals surface area contributed by atoms with Gasteiger partial charge in [0.15, 0.2) is 0 Å². The number of carbonyl (C=O) groups is 1. The molecular weight excluding hydrogens is 238 g/mol. The Balaban J connectivity index is 2.13. The minimum Gasteiger partial charge on any atom is -0.339 e. The molecule has 3 unspecified atom stereocenters. The van der Waals surface area contributed by atoms with Crippen molar-refractivity contribution in [2.24, 2.45) is 5.73 Å². The normalized spacial score (nSPS) is 25.1. The van der Waals surface area contributed by atoms with Crippen LogP contribution in [0.15, 0.2) is 30.3 Å². The van der Waals surface area contributed by atoms with Gasteiger partial charge in [0.05, 0.1) is 5.92 Å². The SMILES string of the molecule is CC1CN(C(=O)C(CN)c2ccccc2)CC(C)N1. The van der Waals surface area contributed by atoms with Crippen molar-refractivity contribution >= 4 is 5.91 Å². The fourth-order valence-corrected chi connectivity index (χ4v) is 2.79. The number of nitrogens with two attached hydrogens (primary N) is 1. The van der Waals surface area contributed by atoms with Gasteiger partial charge in [-0.3, -0.25) is 4.79 Å². The molecule has 2 rings (SSSR count). The average molecular weight is 261 g/mol. The van der Waals surface area contributed by atoms with Crippen molar-refractivity contribution in [3.05, 3.63) is 35.9 Å². The summed E-state index contributed by atoms with van der Waals surface area (Å²) in [4.78, 5) is 14.6. The fraction of sp³-hybridized carbons (Fsp3) is 0.533. The smallest absolute Gasteiger partial charge is 0.231 e. The van der Waals surface area contributed by atoms with Crippen LogP contribution in [0, 0.1) is 0 Å². The number of nitrogens with one attached hydrogen (secondary N) is 1. The third-order valence-electron chi connectivity index (χ3n) is 3.60. The van der Waals surface area contributed by atoms with Crippen LogP contribution < -0.4 is 11.1 Å². The van der Waals surface area contributed by atoms with Crippen molar-refractivity contribution in [2.45, 2.75) is 31.8 Å². The lowest BCUT2D eigenvalue weighted by atomic mass is 9.96. The lowest BCUT2D eigenvalue weighted by Gasteiger charge is -2.37. The second kappa shape index (κ2) is 6.17. The number of carbonyl (C=O) groups excluding carboxylic acids is 1. The van der Waals surface area contributed by atoms with Crippen molar-refractivity contribution in [3.63, 3.8) is 0 Å². The van der Waals surface area contributed by atoms with E-state index in [9.17, 15) is 4.79 Å². The van der Waals surface area contributed by atoms with Crippen LogP contribution in [0.3, 0.4) is 0 Å². The van der Waals surface area contributed by atoms with Gasteiger partial charge in [0.25, 0.3) is 0 Å². The van der Waals surface area contributed by atoms with E-state index in [-0.39, 0.29) is 11.8 Å². The molecule has 1 aliphatic rings. The Morgan fingerprint density at radius 3 is 2.42 bits per heavy atom. The minimum absolute atomic E-state index is 0.147. The van der Waals surface area contributed by atoms with Gasteiger partial charge >= 0.3 is 0 Å². The Morgan fingerprint density at radius 1 is 1.32 bits per heavy atom. The zero-order valence-electron chi connectivity index (χ0n) is 11.7. The molecule has 1 amide bonds. The largest absolute Gasteiger partial charge is 0.339 e. The summed E-state index contributed by atoms with van der Waals surface area (Å²) in [6, 6.07) is 10.5. The average Bonchev–Trinajstić information content (AvgIpc) is 2.39. The van der Waals surface area contributed by atoms with E-state index in [2.05, 4.69) is 19.2 Å². The highest BCUT2D eigenvalue weighted by Crippen LogP contribution is 2.19. The highest BCUT2D eigenvalue weighted by molar-refractivity contribution is 5.84. The molecular formula is C15H23N3O. The zero-order chi connectivity index (χ0) is 13.8. The Hall–Kier alpha value is -1.39. The van der Waals surface area contributed by atoms with Crippen LogP contribution in [0.5, 0.6) is 0 Å². The topological polar surface area (TPSA) is 58.4 Å². The molecule has 1 fully saturated rings. The first-order valence-electron chi connectivity index (χ1n) is 6.91. The van der Waals surface area contributed by atoms with Crippen molar-refractivity contribution < 1.29 is 4.79 Å². The van der Waals surface area contributed by atoms with Crippen LogP contribution in [0.2, 0.25) is 0 Å². The van der Waals surface area contributed by atoms with Crippen LogP contribution in [0.4, 0.5) is 0 Å². The molecule has 104 valence electrons. The molecule has 3 atom stereocenters. The predicted octanol–water partition coefficient (Wildman–Crippen LogP) is 0.938. The molecule has 1 saturated heterocycles. The Labute approximate surface area is 115 Å². The lowest BCUT2D eigenvalue weighted by molar-refractivity contribution is -0.134. The standard InChI is InChI=1S/C15H23N3O/c1-11-9-18(10-12(2)17-11)15(19)14(8-16)13-6-4-3-5-7-13/h3-7,11-12,14,17H,8-10,16H2,1-2H3. The molecule has 0 aromatic heterocycles. The van der Waals surface area contributed by atoms with Gasteiger partial charge in [-0.25, -0.2) is 0 Å². The Morgan fingerprint density at radius 2 is 1.89 bits per heavy atom. The summed E-state index contributed by atoms with van der Waals surface area (Å²) in [5, 5.41) is 3.44. The van der Waals surface area contributed by atoms with E-state index < -0.39 is 0 Å². The molecule has 4 nitrogen and oxygen atoms in total. The van der Waals surface area contributed by atoms with Gasteiger partial charge in [0.1, 0.15) is 0 Å². The second-order valence-electron chi connectivity index (χ2n) is 5.41. The predicted molar refractivity (Wildman–Crippen MR) is 76.9 cm³/mol. The number of benzene rings is 1. The van der Waals surface area contributed by atoms with Gasteiger partial charge in [-0.05, 0) is 19.4 Å². The van der Waals surface area contributed by atoms with Crippen molar-refractivity contribution in [3.8, 4) is 0 Å². The summed E-state index contributed by atoms with van der Waals surface area (Å²) in [5.41, 5.74) is 6.83. The Bertz CT molecular complexity index is 411. The molecule has 1 aromatic rings. The third kappa shape index (κ3) is 3.33. The van der Waals surface area contributed by atoms with Crippen LogP contribution in [-0.4, -0.2) is 42.5 Å². The van der Waals surface area contributed by atoms with E-state index in [4.69, 9.17) is 5.73 Å². The molecule has 0 spiro atoms. The molecule has 4 heteroatoms. The summed E-state index contributed by atoms with van der Waals surface area (Å²) in [6.07, 6.45) is 0. The summed E-state index contributed by atoms with van der Waals surface area (Å²) in [6.45, 7) is 6.08. The van der Waals surface area contributed by atoms with Crippen molar-refractivity contribution in [2.75, 3.05) is 19.6 Å². The number of hydrogen-bond donors (Lipinski definition) is 2. The van der Waals surface area contributed by atoms with E-state index in [1.807, 2.05) is 35.2 Å². The molecule has 1 aromatic carbocycles. The summed E-state index contributed by atoms with van der Waals surface area (Å²) in [7, 11) is 0. The van der Waals surface area contributed by atoms with Gasteiger partial charge in [-0.2, -0.15) is 0 Å². The van der Waals surface area contributed by atoms with Crippen molar-refractivity contribution in [1.82, 2.24) is 10.2 Å². The van der Waals surface area contributed by atoms with E-state index in [1.165, 1.54) is 0 Å². The molecule has 0 bridgehead atoms. The molecule has 19 heavy (non-hydrogen) atoms. The summed E-state index contributed by atoms with van der Waals surface area (Å²) in [5.74, 6) is -0.0763. The second-order valence-corrected chi connectivity index (χ2v) is 5.41. The van der Waals surface area contributed by atoms with Crippen LogP contribution in [0.1, 0.15) is 25.3 Å². The maximum atomic E-state index is 12.6. The molecule has 3 N–H and O–H groups in total. The van der Waals surface area contributed by atoms with Gasteiger partial charge < -0.3 is 16.0 Å². The highest BCUT2D eigenvalue weighted by Gasteiger charge is 2.29. The molecule has 0 radical (unpaired) electrons. The van der Waals surface area contributed by atoms with E-state index in [0.29, 0.717) is 18.6 Å². The zero-order valence-corrected chi connectivity index (χ0v) is 11.7. The lowest BCUT2D eigenvalue weighted by Crippen LogP contribution is -2.57. The van der Waals surface area contributed by atoms with E-state index in [1.54, 1.807) is 0 Å². The van der Waals surface area contributed by atoms with Gasteiger partial charge in [0.2, 0.25) is 5.91 Å². The van der Waals surface area contributed by atoms with Crippen LogP contribution >= 0.6 is 0 Å². The minimum atomic E-state index is -0.223. The fourth-order valence-electron chi connectivity index (χ4n) is 2.79. The summed E-state index contributed by atoms with van der Waals surface area (Å²) < 4.78 is 0. The number of piperazine rings is 1. The van der Waals surface area contributed by atoms with E-state index >= 15 is 0 Å². The molecule has 0 aliphatic carbocycles. The highest BCUT2D eigenvalue weighted by atomic mass is 16.2. The quantitative estimate of drug-likeness (QED) is 0.851. The molecule has 1 aliphatic heterocycles. The first-order valence-corrected chi connectivity index (χ1v) is 6.91. The van der Waals surface area contributed by atoms with Crippen LogP contribution in [0.25, 0.3) is 0 Å². The first-order chi connectivity index (χ1) is 9.11. The molecule has 1 heterocycles. The van der Waals surface area contributed by atoms with Crippen LogP contribution in [-0.2, 0) is 4.79 Å².